The molecule has 1 N–H and O–H groups in total. The van der Waals surface area contributed by atoms with Gasteiger partial charge in [-0.2, -0.15) is 0 Å². The lowest BCUT2D eigenvalue weighted by atomic mass is 10.2. The highest BCUT2D eigenvalue weighted by Crippen LogP contribution is 2.14. The largest absolute Gasteiger partial charge is 0.351 e. The van der Waals surface area contributed by atoms with Gasteiger partial charge in [-0.15, -0.1) is 0 Å². The molecule has 0 spiro atoms. The monoisotopic (exact) mass is 295 g/mol. The van der Waals surface area contributed by atoms with Gasteiger partial charge < -0.3 is 5.32 Å². The first kappa shape index (κ1) is 13.0. The van der Waals surface area contributed by atoms with E-state index in [1.54, 1.807) is 6.92 Å². The second-order valence-corrected chi connectivity index (χ2v) is 4.80. The van der Waals surface area contributed by atoms with Crippen LogP contribution in [0.4, 0.5) is 13.2 Å². The quantitative estimate of drug-likeness (QED) is 0.854. The topological polar surface area (TPSA) is 29.1 Å². The molecule has 2 nitrogen and oxygen atoms in total. The summed E-state index contributed by atoms with van der Waals surface area (Å²) in [5.74, 6) is -4.38. The van der Waals surface area contributed by atoms with Crippen molar-refractivity contribution >= 4 is 21.8 Å². The first-order valence-corrected chi connectivity index (χ1v) is 5.40. The molecule has 1 rings (SSSR count). The lowest BCUT2D eigenvalue weighted by Crippen LogP contribution is -2.30. The average Bonchev–Trinajstić information content (AvgIpc) is 2.12. The molecule has 1 amide bonds. The van der Waals surface area contributed by atoms with Crippen molar-refractivity contribution < 1.29 is 18.0 Å². The number of carbonyl (C=O) groups excluding carboxylic acids is 1. The van der Waals surface area contributed by atoms with E-state index in [0.717, 1.165) is 0 Å². The zero-order chi connectivity index (χ0) is 12.3. The van der Waals surface area contributed by atoms with Gasteiger partial charge in [0.1, 0.15) is 23.0 Å². The highest BCUT2D eigenvalue weighted by atomic mass is 79.9. The molecule has 0 aliphatic rings. The van der Waals surface area contributed by atoms with Crippen LogP contribution < -0.4 is 5.32 Å². The zero-order valence-electron chi connectivity index (χ0n) is 8.36. The van der Waals surface area contributed by atoms with Crippen LogP contribution in [0.25, 0.3) is 0 Å². The van der Waals surface area contributed by atoms with Crippen molar-refractivity contribution in [3.63, 3.8) is 0 Å². The molecule has 1 unspecified atom stereocenters. The number of amides is 1. The van der Waals surface area contributed by atoms with Gasteiger partial charge in [0, 0.05) is 23.5 Å². The fourth-order valence-corrected chi connectivity index (χ4v) is 1.24. The van der Waals surface area contributed by atoms with Crippen LogP contribution in [0.15, 0.2) is 12.1 Å². The van der Waals surface area contributed by atoms with E-state index in [-0.39, 0.29) is 11.4 Å². The van der Waals surface area contributed by atoms with Crippen molar-refractivity contribution in [3.05, 3.63) is 35.1 Å². The standard InChI is InChI=1S/C10H9BrF3NO/c1-5(11)4-15-10(16)9-7(13)2-6(12)3-8(9)14/h2-3,5H,4H2,1H3,(H,15,16). The summed E-state index contributed by atoms with van der Waals surface area (Å²) in [5.41, 5.74) is -0.769. The minimum absolute atomic E-state index is 0.0250. The number of alkyl halides is 1. The molecule has 0 aliphatic carbocycles. The van der Waals surface area contributed by atoms with Crippen molar-refractivity contribution in [2.75, 3.05) is 6.54 Å². The van der Waals surface area contributed by atoms with Crippen LogP contribution in [0, 0.1) is 17.5 Å². The summed E-state index contributed by atoms with van der Waals surface area (Å²) in [4.78, 5) is 11.3. The predicted molar refractivity (Wildman–Crippen MR) is 57.0 cm³/mol. The fraction of sp³-hybridized carbons (Fsp3) is 0.300. The number of hydrogen-bond acceptors (Lipinski definition) is 1. The molecule has 0 aromatic heterocycles. The van der Waals surface area contributed by atoms with Crippen molar-refractivity contribution in [2.45, 2.75) is 11.8 Å². The van der Waals surface area contributed by atoms with Crippen LogP contribution in [-0.4, -0.2) is 17.3 Å². The Balaban J connectivity index is 2.91. The molecular formula is C10H9BrF3NO. The van der Waals surface area contributed by atoms with E-state index in [4.69, 9.17) is 0 Å². The molecule has 0 radical (unpaired) electrons. The number of carbonyl (C=O) groups is 1. The second-order valence-electron chi connectivity index (χ2n) is 3.24. The van der Waals surface area contributed by atoms with Crippen molar-refractivity contribution in [1.29, 1.82) is 0 Å². The Morgan fingerprint density at radius 1 is 1.38 bits per heavy atom. The van der Waals surface area contributed by atoms with E-state index < -0.39 is 28.9 Å². The molecule has 88 valence electrons. The van der Waals surface area contributed by atoms with Gasteiger partial charge in [-0.05, 0) is 0 Å². The Morgan fingerprint density at radius 2 is 1.88 bits per heavy atom. The molecular weight excluding hydrogens is 287 g/mol. The highest BCUT2D eigenvalue weighted by molar-refractivity contribution is 9.09. The van der Waals surface area contributed by atoms with Gasteiger partial charge in [0.05, 0.1) is 0 Å². The maximum absolute atomic E-state index is 13.1. The number of nitrogens with one attached hydrogen (secondary N) is 1. The van der Waals surface area contributed by atoms with Crippen LogP contribution >= 0.6 is 15.9 Å². The van der Waals surface area contributed by atoms with Crippen molar-refractivity contribution in [2.24, 2.45) is 0 Å². The first-order chi connectivity index (χ1) is 7.41. The lowest BCUT2D eigenvalue weighted by molar-refractivity contribution is 0.0945. The van der Waals surface area contributed by atoms with Crippen LogP contribution in [0.3, 0.4) is 0 Å². The molecule has 0 saturated carbocycles. The molecule has 0 aliphatic heterocycles. The molecule has 1 atom stereocenters. The van der Waals surface area contributed by atoms with E-state index >= 15 is 0 Å². The first-order valence-electron chi connectivity index (χ1n) is 4.48. The minimum atomic E-state index is -1.21. The van der Waals surface area contributed by atoms with Crippen LogP contribution in [0.1, 0.15) is 17.3 Å². The summed E-state index contributed by atoms with van der Waals surface area (Å²) in [6.07, 6.45) is 0. The molecule has 1 aromatic rings. The normalized spacial score (nSPS) is 12.3. The Labute approximate surface area is 99.0 Å². The summed E-state index contributed by atoms with van der Waals surface area (Å²) < 4.78 is 38.8. The fourth-order valence-electron chi connectivity index (χ4n) is 1.08. The maximum Gasteiger partial charge on any atom is 0.257 e. The third kappa shape index (κ3) is 3.23. The summed E-state index contributed by atoms with van der Waals surface area (Å²) in [7, 11) is 0. The van der Waals surface area contributed by atoms with Gasteiger partial charge >= 0.3 is 0 Å². The average molecular weight is 296 g/mol. The molecule has 0 bridgehead atoms. The number of benzene rings is 1. The van der Waals surface area contributed by atoms with Crippen molar-refractivity contribution in [3.8, 4) is 0 Å². The third-order valence-corrected chi connectivity index (χ3v) is 2.10. The summed E-state index contributed by atoms with van der Waals surface area (Å²) >= 11 is 3.16. The van der Waals surface area contributed by atoms with Gasteiger partial charge in [-0.1, -0.05) is 22.9 Å². The zero-order valence-corrected chi connectivity index (χ0v) is 9.95. The van der Waals surface area contributed by atoms with Crippen molar-refractivity contribution in [1.82, 2.24) is 5.32 Å². The van der Waals surface area contributed by atoms with E-state index in [1.807, 2.05) is 0 Å². The van der Waals surface area contributed by atoms with E-state index in [9.17, 15) is 18.0 Å². The van der Waals surface area contributed by atoms with Gasteiger partial charge in [0.2, 0.25) is 0 Å². The van der Waals surface area contributed by atoms with Gasteiger partial charge in [-0.3, -0.25) is 4.79 Å². The van der Waals surface area contributed by atoms with Gasteiger partial charge in [-0.25, -0.2) is 13.2 Å². The Hall–Kier alpha value is -1.04. The summed E-state index contributed by atoms with van der Waals surface area (Å²) in [6.45, 7) is 1.98. The minimum Gasteiger partial charge on any atom is -0.351 e. The number of halogens is 4. The second kappa shape index (κ2) is 5.34. The van der Waals surface area contributed by atoms with Crippen LogP contribution in [0.5, 0.6) is 0 Å². The molecule has 0 fully saturated rings. The lowest BCUT2D eigenvalue weighted by Gasteiger charge is -2.08. The summed E-state index contributed by atoms with van der Waals surface area (Å²) in [6, 6.07) is 0.936. The maximum atomic E-state index is 13.1. The Kier molecular flexibility index (Phi) is 4.35. The Bertz CT molecular complexity index is 386. The van der Waals surface area contributed by atoms with Crippen LogP contribution in [-0.2, 0) is 0 Å². The molecule has 16 heavy (non-hydrogen) atoms. The molecule has 0 heterocycles. The van der Waals surface area contributed by atoms with E-state index in [1.165, 1.54) is 0 Å². The van der Waals surface area contributed by atoms with E-state index in [0.29, 0.717) is 12.1 Å². The molecule has 1 aromatic carbocycles. The highest BCUT2D eigenvalue weighted by Gasteiger charge is 2.18. The number of rotatable bonds is 3. The van der Waals surface area contributed by atoms with E-state index in [2.05, 4.69) is 21.2 Å². The molecule has 6 heteroatoms. The van der Waals surface area contributed by atoms with Gasteiger partial charge in [0.25, 0.3) is 5.91 Å². The van der Waals surface area contributed by atoms with Gasteiger partial charge in [0.15, 0.2) is 0 Å². The summed E-state index contributed by atoms with van der Waals surface area (Å²) in [5, 5.41) is 2.31. The Morgan fingerprint density at radius 3 is 2.31 bits per heavy atom. The SMILES string of the molecule is CC(Br)CNC(=O)c1c(F)cc(F)cc1F. The molecule has 0 saturated heterocycles. The van der Waals surface area contributed by atoms with Crippen LogP contribution in [0.2, 0.25) is 0 Å². The number of hydrogen-bond donors (Lipinski definition) is 1. The predicted octanol–water partition coefficient (Wildman–Crippen LogP) is 2.62. The third-order valence-electron chi connectivity index (χ3n) is 1.78. The smallest absolute Gasteiger partial charge is 0.257 e.